The maximum Gasteiger partial charge on any atom is 0.246 e. The molecular formula is C49H78N8O8S2. The molecule has 0 bridgehead atoms. The number of thioether (sulfide) groups is 2. The Labute approximate surface area is 407 Å². The van der Waals surface area contributed by atoms with Crippen molar-refractivity contribution in [3.8, 4) is 0 Å². The van der Waals surface area contributed by atoms with Gasteiger partial charge in [0.15, 0.2) is 0 Å². The van der Waals surface area contributed by atoms with Crippen LogP contribution in [0, 0.1) is 11.8 Å². The second kappa shape index (κ2) is 33.1. The molecule has 6 amide bonds. The van der Waals surface area contributed by atoms with Crippen molar-refractivity contribution in [1.82, 2.24) is 31.2 Å². The van der Waals surface area contributed by atoms with Gasteiger partial charge in [0.2, 0.25) is 35.4 Å². The van der Waals surface area contributed by atoms with Crippen LogP contribution in [0.3, 0.4) is 0 Å². The topological polar surface area (TPSA) is 245 Å². The normalized spacial score (nSPS) is 16.0. The standard InChI is InChI=1S/C38H61N7O7S2.C8H10.C3H7NO/c1-5-27(4)34(35(39)49)43-36(50)31(23-26(2)3)42-37(51)38(13-19-52-20-14-38)44-33(48)12-22-54-25-30-8-6-7-29(40-30)24-53-21-11-32(47)41-28-9-15-45(16-10-28)17-18-46;1-2-8-6-4-3-5-7-8;1-2-3(4)5/h6-8,18,26-28,31,34H,5,9-17,19-25H2,1-4H3,(H2,39,49)(H,41,47)(H,42,51)(H,43,50)(H,44,48);3-7H,2H2,1H3;2H2,1H3,(H2,4,5)/t27-,31-,34-;;/m0../s1. The number of aryl methyl sites for hydroxylation is 1. The van der Waals surface area contributed by atoms with Gasteiger partial charge in [0.05, 0.1) is 17.9 Å². The number of primary amides is 2. The predicted octanol–water partition coefficient (Wildman–Crippen LogP) is 4.45. The molecule has 3 heterocycles. The van der Waals surface area contributed by atoms with Crippen LogP contribution in [0.2, 0.25) is 0 Å². The number of piperidine rings is 1. The van der Waals surface area contributed by atoms with Crippen LogP contribution in [-0.2, 0) is 56.2 Å². The molecule has 1 aromatic carbocycles. The number of amides is 6. The molecule has 16 nitrogen and oxygen atoms in total. The summed E-state index contributed by atoms with van der Waals surface area (Å²) >= 11 is 3.24. The first-order valence-corrected chi connectivity index (χ1v) is 26.0. The first kappa shape index (κ1) is 58.6. The maximum atomic E-state index is 13.8. The number of hydrogen-bond acceptors (Lipinski definition) is 12. The van der Waals surface area contributed by atoms with Crippen LogP contribution < -0.4 is 32.7 Å². The van der Waals surface area contributed by atoms with E-state index in [0.717, 1.165) is 50.0 Å². The van der Waals surface area contributed by atoms with Crippen molar-refractivity contribution in [3.05, 3.63) is 65.5 Å². The third-order valence-corrected chi connectivity index (χ3v) is 13.5. The lowest BCUT2D eigenvalue weighted by Crippen LogP contribution is -2.64. The van der Waals surface area contributed by atoms with Crippen molar-refractivity contribution in [2.24, 2.45) is 23.3 Å². The fourth-order valence-electron chi connectivity index (χ4n) is 7.19. The zero-order valence-electron chi connectivity index (χ0n) is 40.6. The van der Waals surface area contributed by atoms with Gasteiger partial charge in [-0.1, -0.05) is 84.4 Å². The van der Waals surface area contributed by atoms with E-state index in [1.165, 1.54) is 5.56 Å². The van der Waals surface area contributed by atoms with Gasteiger partial charge in [-0.05, 0) is 55.2 Å². The Morgan fingerprint density at radius 3 is 1.93 bits per heavy atom. The van der Waals surface area contributed by atoms with Crippen LogP contribution in [0.15, 0.2) is 48.5 Å². The molecular weight excluding hydrogens is 893 g/mol. The van der Waals surface area contributed by atoms with Gasteiger partial charge in [-0.15, -0.1) is 0 Å². The van der Waals surface area contributed by atoms with Crippen LogP contribution >= 0.6 is 23.5 Å². The number of likely N-dealkylation sites (tertiary alicyclic amines) is 1. The molecule has 2 aromatic rings. The van der Waals surface area contributed by atoms with Gasteiger partial charge in [0, 0.05) is 87.5 Å². The van der Waals surface area contributed by atoms with E-state index in [4.69, 9.17) is 15.5 Å². The zero-order valence-corrected chi connectivity index (χ0v) is 42.3. The number of ether oxygens (including phenoxy) is 1. The first-order valence-electron chi connectivity index (χ1n) is 23.7. The van der Waals surface area contributed by atoms with E-state index in [0.29, 0.717) is 68.5 Å². The number of carbonyl (C=O) groups is 7. The average molecular weight is 971 g/mol. The van der Waals surface area contributed by atoms with Crippen molar-refractivity contribution < 1.29 is 38.3 Å². The lowest BCUT2D eigenvalue weighted by atomic mass is 9.87. The Hall–Kier alpha value is -4.52. The molecule has 0 spiro atoms. The van der Waals surface area contributed by atoms with E-state index < -0.39 is 35.3 Å². The Kier molecular flexibility index (Phi) is 28.9. The van der Waals surface area contributed by atoms with Crippen molar-refractivity contribution in [1.29, 1.82) is 0 Å². The predicted molar refractivity (Wildman–Crippen MR) is 268 cm³/mol. The fraction of sp³-hybridized carbons (Fsp3) is 0.633. The lowest BCUT2D eigenvalue weighted by Gasteiger charge is -2.38. The van der Waals surface area contributed by atoms with Crippen LogP contribution in [-0.4, -0.2) is 120 Å². The molecule has 0 radical (unpaired) electrons. The van der Waals surface area contributed by atoms with Gasteiger partial charge in [0.1, 0.15) is 23.9 Å². The molecule has 374 valence electrons. The van der Waals surface area contributed by atoms with Crippen LogP contribution in [0.1, 0.15) is 116 Å². The SMILES string of the molecule is CCC(N)=O.CC[C@H](C)[C@H](NC(=O)[C@H](CC(C)C)NC(=O)C1(NC(=O)CCSCc2cccc(CSCCC(=O)NC3CCN(CC=O)CC3)n2)CCOCC1)C(N)=O.CCc1ccccc1. The second-order valence-corrected chi connectivity index (χ2v) is 19.6. The van der Waals surface area contributed by atoms with Gasteiger partial charge < -0.3 is 42.3 Å². The summed E-state index contributed by atoms with van der Waals surface area (Å²) in [5.74, 6) is 0.404. The number of nitrogens with two attached hydrogens (primary N) is 2. The zero-order chi connectivity index (χ0) is 49.6. The molecule has 0 unspecified atom stereocenters. The summed E-state index contributed by atoms with van der Waals surface area (Å²) in [6, 6.07) is 14.7. The quantitative estimate of drug-likeness (QED) is 0.0597. The van der Waals surface area contributed by atoms with Gasteiger partial charge in [-0.25, -0.2) is 0 Å². The smallest absolute Gasteiger partial charge is 0.246 e. The van der Waals surface area contributed by atoms with Crippen molar-refractivity contribution >= 4 is 65.3 Å². The molecule has 67 heavy (non-hydrogen) atoms. The largest absolute Gasteiger partial charge is 0.381 e. The number of rotatable bonds is 25. The molecule has 4 rings (SSSR count). The summed E-state index contributed by atoms with van der Waals surface area (Å²) in [6.45, 7) is 14.2. The van der Waals surface area contributed by atoms with Crippen molar-refractivity contribution in [2.45, 2.75) is 141 Å². The third-order valence-electron chi connectivity index (χ3n) is 11.5. The third kappa shape index (κ3) is 23.9. The van der Waals surface area contributed by atoms with Crippen LogP contribution in [0.5, 0.6) is 0 Å². The molecule has 2 fully saturated rings. The highest BCUT2D eigenvalue weighted by Crippen LogP contribution is 2.23. The molecule has 2 aliphatic rings. The summed E-state index contributed by atoms with van der Waals surface area (Å²) in [7, 11) is 0. The second-order valence-electron chi connectivity index (χ2n) is 17.4. The minimum absolute atomic E-state index is 0.0526. The summed E-state index contributed by atoms with van der Waals surface area (Å²) in [5, 5.41) is 11.7. The van der Waals surface area contributed by atoms with E-state index in [2.05, 4.69) is 63.1 Å². The molecule has 8 N–H and O–H groups in total. The number of benzene rings is 1. The van der Waals surface area contributed by atoms with Gasteiger partial charge in [-0.2, -0.15) is 23.5 Å². The van der Waals surface area contributed by atoms with E-state index in [1.807, 2.05) is 52.0 Å². The summed E-state index contributed by atoms with van der Waals surface area (Å²) in [5.41, 5.74) is 12.3. The molecule has 1 aromatic heterocycles. The Bertz CT molecular complexity index is 1810. The van der Waals surface area contributed by atoms with Crippen LogP contribution in [0.25, 0.3) is 0 Å². The molecule has 2 saturated heterocycles. The number of nitrogens with zero attached hydrogens (tertiary/aromatic N) is 2. The number of pyridine rings is 1. The number of aldehydes is 1. The van der Waals surface area contributed by atoms with Crippen LogP contribution in [0.4, 0.5) is 0 Å². The molecule has 2 aliphatic heterocycles. The molecule has 0 aliphatic carbocycles. The highest BCUT2D eigenvalue weighted by Gasteiger charge is 2.43. The van der Waals surface area contributed by atoms with Crippen molar-refractivity contribution in [3.63, 3.8) is 0 Å². The highest BCUT2D eigenvalue weighted by atomic mass is 32.2. The summed E-state index contributed by atoms with van der Waals surface area (Å²) < 4.78 is 5.53. The Morgan fingerprint density at radius 1 is 0.851 bits per heavy atom. The number of aromatic nitrogens is 1. The Morgan fingerprint density at radius 2 is 1.43 bits per heavy atom. The number of hydrogen-bond donors (Lipinski definition) is 6. The fourth-order valence-corrected chi connectivity index (χ4v) is 8.88. The monoisotopic (exact) mass is 971 g/mol. The van der Waals surface area contributed by atoms with Gasteiger partial charge in [0.25, 0.3) is 0 Å². The number of nitrogens with one attached hydrogen (secondary N) is 4. The van der Waals surface area contributed by atoms with Crippen molar-refractivity contribution in [2.75, 3.05) is 44.4 Å². The highest BCUT2D eigenvalue weighted by molar-refractivity contribution is 7.98. The minimum atomic E-state index is -1.22. The molecule has 0 saturated carbocycles. The summed E-state index contributed by atoms with van der Waals surface area (Å²) in [4.78, 5) is 92.1. The van der Waals surface area contributed by atoms with E-state index in [9.17, 15) is 33.6 Å². The minimum Gasteiger partial charge on any atom is -0.381 e. The van der Waals surface area contributed by atoms with E-state index in [1.54, 1.807) is 30.4 Å². The first-order chi connectivity index (χ1) is 32.1. The van der Waals surface area contributed by atoms with Gasteiger partial charge >= 0.3 is 0 Å². The lowest BCUT2D eigenvalue weighted by molar-refractivity contribution is -0.140. The Balaban J connectivity index is 0.00000102. The van der Waals surface area contributed by atoms with E-state index in [-0.39, 0.29) is 54.9 Å². The number of carbonyl (C=O) groups excluding carboxylic acids is 7. The van der Waals surface area contributed by atoms with E-state index >= 15 is 0 Å². The average Bonchev–Trinajstić information content (AvgIpc) is 3.32. The maximum absolute atomic E-state index is 13.8. The molecule has 18 heteroatoms. The molecule has 3 atom stereocenters. The van der Waals surface area contributed by atoms with Gasteiger partial charge in [-0.3, -0.25) is 38.7 Å². The summed E-state index contributed by atoms with van der Waals surface area (Å²) in [6.07, 6.45) is 6.39.